The molecule has 0 amide bonds. The van der Waals surface area contributed by atoms with Crippen molar-refractivity contribution >= 4 is 0 Å². The first kappa shape index (κ1) is 11.5. The number of nitrogens with zero attached hydrogens (tertiary/aromatic N) is 2. The molecule has 1 aromatic carbocycles. The molecule has 0 N–H and O–H groups in total. The summed E-state index contributed by atoms with van der Waals surface area (Å²) in [5.74, 6) is -0.283. The fourth-order valence-corrected chi connectivity index (χ4v) is 1.69. The number of benzene rings is 1. The Balaban J connectivity index is 2.04. The van der Waals surface area contributed by atoms with E-state index in [1.807, 2.05) is 26.0 Å². The van der Waals surface area contributed by atoms with Crippen LogP contribution in [0.4, 0.5) is 4.39 Å². The van der Waals surface area contributed by atoms with Crippen LogP contribution < -0.4 is 4.74 Å². The molecular formula is C13H13FN2O. The monoisotopic (exact) mass is 232 g/mol. The lowest BCUT2D eigenvalue weighted by Gasteiger charge is -2.06. The zero-order chi connectivity index (χ0) is 12.3. The molecule has 0 spiro atoms. The van der Waals surface area contributed by atoms with Gasteiger partial charge in [-0.05, 0) is 19.4 Å². The highest BCUT2D eigenvalue weighted by molar-refractivity contribution is 5.28. The largest absolute Gasteiger partial charge is 0.472 e. The molecule has 0 fully saturated rings. The predicted molar refractivity (Wildman–Crippen MR) is 62.2 cm³/mol. The molecule has 2 aromatic rings. The Kier molecular flexibility index (Phi) is 3.32. The van der Waals surface area contributed by atoms with Gasteiger partial charge in [-0.2, -0.15) is 4.39 Å². The van der Waals surface area contributed by atoms with Crippen LogP contribution in [0.15, 0.2) is 30.3 Å². The first-order chi connectivity index (χ1) is 8.13. The summed E-state index contributed by atoms with van der Waals surface area (Å²) in [7, 11) is 0. The van der Waals surface area contributed by atoms with Gasteiger partial charge in [0.1, 0.15) is 6.61 Å². The molecule has 0 aliphatic carbocycles. The fraction of sp³-hybridized carbons (Fsp3) is 0.231. The van der Waals surface area contributed by atoms with Crippen molar-refractivity contribution in [3.05, 3.63) is 53.0 Å². The zero-order valence-electron chi connectivity index (χ0n) is 9.77. The second-order valence-corrected chi connectivity index (χ2v) is 3.98. The summed E-state index contributed by atoms with van der Waals surface area (Å²) in [5, 5.41) is 6.88. The Morgan fingerprint density at radius 1 is 1.06 bits per heavy atom. The Bertz CT molecular complexity index is 491. The predicted octanol–water partition coefficient (Wildman–Crippen LogP) is 2.81. The normalized spacial score (nSPS) is 10.3. The number of hydrogen-bond donors (Lipinski definition) is 0. The molecule has 0 aliphatic heterocycles. The van der Waals surface area contributed by atoms with Gasteiger partial charge in [0.2, 0.25) is 11.8 Å². The molecule has 0 radical (unpaired) electrons. The summed E-state index contributed by atoms with van der Waals surface area (Å²) >= 11 is 0. The van der Waals surface area contributed by atoms with E-state index in [0.29, 0.717) is 12.5 Å². The maximum atomic E-state index is 12.5. The van der Waals surface area contributed by atoms with E-state index in [1.165, 1.54) is 23.3 Å². The van der Waals surface area contributed by atoms with Crippen LogP contribution in [0.5, 0.6) is 5.88 Å². The van der Waals surface area contributed by atoms with Crippen LogP contribution in [0, 0.1) is 19.8 Å². The summed E-state index contributed by atoms with van der Waals surface area (Å²) in [6.07, 6.45) is 0. The minimum atomic E-state index is -0.608. The minimum Gasteiger partial charge on any atom is -0.472 e. The Hall–Kier alpha value is -1.97. The number of hydrogen-bond acceptors (Lipinski definition) is 3. The van der Waals surface area contributed by atoms with Gasteiger partial charge in [0.25, 0.3) is 0 Å². The maximum absolute atomic E-state index is 12.5. The van der Waals surface area contributed by atoms with Crippen molar-refractivity contribution < 1.29 is 9.13 Å². The molecule has 0 aliphatic rings. The van der Waals surface area contributed by atoms with Crippen molar-refractivity contribution in [3.8, 4) is 5.88 Å². The van der Waals surface area contributed by atoms with Crippen LogP contribution in [0.25, 0.3) is 0 Å². The topological polar surface area (TPSA) is 35.0 Å². The lowest BCUT2D eigenvalue weighted by molar-refractivity contribution is 0.287. The average molecular weight is 232 g/mol. The molecule has 0 saturated heterocycles. The van der Waals surface area contributed by atoms with Crippen LogP contribution in [-0.4, -0.2) is 10.2 Å². The van der Waals surface area contributed by atoms with Gasteiger partial charge in [-0.15, -0.1) is 10.2 Å². The van der Waals surface area contributed by atoms with E-state index in [9.17, 15) is 4.39 Å². The van der Waals surface area contributed by atoms with Crippen molar-refractivity contribution in [3.63, 3.8) is 0 Å². The van der Waals surface area contributed by atoms with Crippen LogP contribution in [0.2, 0.25) is 0 Å². The minimum absolute atomic E-state index is 0.325. The number of rotatable bonds is 3. The Labute approximate surface area is 99.3 Å². The lowest BCUT2D eigenvalue weighted by Crippen LogP contribution is -1.99. The molecule has 88 valence electrons. The summed E-state index contributed by atoms with van der Waals surface area (Å²) in [6, 6.07) is 8.88. The first-order valence-electron chi connectivity index (χ1n) is 5.33. The highest BCUT2D eigenvalue weighted by Gasteiger charge is 2.00. The van der Waals surface area contributed by atoms with E-state index in [0.717, 1.165) is 5.56 Å². The molecule has 1 aromatic heterocycles. The molecule has 17 heavy (non-hydrogen) atoms. The Morgan fingerprint density at radius 2 is 1.76 bits per heavy atom. The fourth-order valence-electron chi connectivity index (χ4n) is 1.69. The van der Waals surface area contributed by atoms with Crippen molar-refractivity contribution in [2.24, 2.45) is 0 Å². The molecule has 4 heteroatoms. The molecule has 1 heterocycles. The summed E-state index contributed by atoms with van der Waals surface area (Å²) in [5.41, 5.74) is 3.44. The third kappa shape index (κ3) is 3.24. The van der Waals surface area contributed by atoms with Gasteiger partial charge in [0.05, 0.1) is 0 Å². The van der Waals surface area contributed by atoms with E-state index < -0.39 is 5.95 Å². The Morgan fingerprint density at radius 3 is 2.35 bits per heavy atom. The highest BCUT2D eigenvalue weighted by atomic mass is 19.1. The number of aryl methyl sites for hydroxylation is 2. The quantitative estimate of drug-likeness (QED) is 0.816. The van der Waals surface area contributed by atoms with E-state index in [1.54, 1.807) is 0 Å². The molecule has 0 atom stereocenters. The summed E-state index contributed by atoms with van der Waals surface area (Å²) in [4.78, 5) is 0. The van der Waals surface area contributed by atoms with Gasteiger partial charge in [-0.25, -0.2) is 0 Å². The van der Waals surface area contributed by atoms with Crippen LogP contribution in [0.3, 0.4) is 0 Å². The number of aromatic nitrogens is 2. The zero-order valence-corrected chi connectivity index (χ0v) is 9.77. The van der Waals surface area contributed by atoms with Gasteiger partial charge >= 0.3 is 0 Å². The molecule has 2 rings (SSSR count). The van der Waals surface area contributed by atoms with Crippen molar-refractivity contribution in [2.45, 2.75) is 20.5 Å². The van der Waals surface area contributed by atoms with Crippen molar-refractivity contribution in [2.75, 3.05) is 0 Å². The van der Waals surface area contributed by atoms with Crippen LogP contribution >= 0.6 is 0 Å². The summed E-state index contributed by atoms with van der Waals surface area (Å²) < 4.78 is 17.9. The first-order valence-corrected chi connectivity index (χ1v) is 5.33. The molecule has 0 saturated carbocycles. The van der Waals surface area contributed by atoms with Gasteiger partial charge in [0, 0.05) is 12.1 Å². The number of ether oxygens (including phenoxy) is 1. The highest BCUT2D eigenvalue weighted by Crippen LogP contribution is 2.12. The van der Waals surface area contributed by atoms with E-state index >= 15 is 0 Å². The molecular weight excluding hydrogens is 219 g/mol. The van der Waals surface area contributed by atoms with Crippen LogP contribution in [0.1, 0.15) is 16.7 Å². The van der Waals surface area contributed by atoms with Gasteiger partial charge < -0.3 is 4.74 Å². The third-order valence-electron chi connectivity index (χ3n) is 2.28. The van der Waals surface area contributed by atoms with Gasteiger partial charge in [-0.1, -0.05) is 29.3 Å². The van der Waals surface area contributed by atoms with Gasteiger partial charge in [-0.3, -0.25) is 0 Å². The molecule has 0 bridgehead atoms. The smallest absolute Gasteiger partial charge is 0.233 e. The van der Waals surface area contributed by atoms with E-state index in [2.05, 4.69) is 16.3 Å². The van der Waals surface area contributed by atoms with Crippen molar-refractivity contribution in [1.29, 1.82) is 0 Å². The average Bonchev–Trinajstić information content (AvgIpc) is 2.27. The van der Waals surface area contributed by atoms with E-state index in [4.69, 9.17) is 4.74 Å². The second kappa shape index (κ2) is 4.91. The molecule has 0 unspecified atom stereocenters. The van der Waals surface area contributed by atoms with E-state index in [-0.39, 0.29) is 0 Å². The van der Waals surface area contributed by atoms with Crippen molar-refractivity contribution in [1.82, 2.24) is 10.2 Å². The third-order valence-corrected chi connectivity index (χ3v) is 2.28. The molecule has 3 nitrogen and oxygen atoms in total. The lowest BCUT2D eigenvalue weighted by atomic mass is 10.1. The summed E-state index contributed by atoms with van der Waals surface area (Å²) in [6.45, 7) is 4.48. The SMILES string of the molecule is Cc1cc(C)cc(COc2ccc(F)nn2)c1. The standard InChI is InChI=1S/C13H13FN2O/c1-9-5-10(2)7-11(6-9)8-17-13-4-3-12(14)15-16-13/h3-7H,8H2,1-2H3. The number of halogens is 1. The maximum Gasteiger partial charge on any atom is 0.233 e. The second-order valence-electron chi connectivity index (χ2n) is 3.98. The van der Waals surface area contributed by atoms with Gasteiger partial charge in [0.15, 0.2) is 0 Å². The van der Waals surface area contributed by atoms with Crippen LogP contribution in [-0.2, 0) is 6.61 Å².